The lowest BCUT2D eigenvalue weighted by Crippen LogP contribution is -2.49. The molecule has 6 aromatic rings. The van der Waals surface area contributed by atoms with Gasteiger partial charge in [-0.1, -0.05) is 159 Å². The molecule has 0 bridgehead atoms. The van der Waals surface area contributed by atoms with E-state index in [9.17, 15) is 0 Å². The lowest BCUT2D eigenvalue weighted by atomic mass is 9.63. The van der Waals surface area contributed by atoms with Gasteiger partial charge >= 0.3 is 0 Å². The second-order valence-corrected chi connectivity index (χ2v) is 24.7. The van der Waals surface area contributed by atoms with Gasteiger partial charge in [-0.25, -0.2) is 0 Å². The summed E-state index contributed by atoms with van der Waals surface area (Å²) in [6.07, 6.45) is 4.84. The Morgan fingerprint density at radius 2 is 0.875 bits per heavy atom. The van der Waals surface area contributed by atoms with Gasteiger partial charge in [-0.2, -0.15) is 0 Å². The molecule has 0 saturated carbocycles. The van der Waals surface area contributed by atoms with Crippen LogP contribution >= 0.6 is 0 Å². The van der Waals surface area contributed by atoms with E-state index in [1.54, 1.807) is 10.4 Å². The van der Waals surface area contributed by atoms with E-state index in [1.807, 2.05) is 0 Å². The maximum atomic E-state index is 2.51. The molecule has 0 fully saturated rings. The first-order valence-corrected chi connectivity index (χ1v) is 24.0. The highest BCUT2D eigenvalue weighted by Crippen LogP contribution is 2.50. The Morgan fingerprint density at radius 3 is 1.55 bits per heavy atom. The molecule has 9 rings (SSSR count). The first-order chi connectivity index (χ1) is 26.5. The van der Waals surface area contributed by atoms with Gasteiger partial charge in [0.2, 0.25) is 0 Å². The summed E-state index contributed by atoms with van der Waals surface area (Å²) in [6.45, 7) is 24.4. The van der Waals surface area contributed by atoms with Crippen LogP contribution in [0.2, 0.25) is 13.1 Å². The van der Waals surface area contributed by atoms with Gasteiger partial charge in [0, 0.05) is 17.1 Å². The summed E-state index contributed by atoms with van der Waals surface area (Å²) in [7, 11) is -1.76. The third kappa shape index (κ3) is 5.85. The van der Waals surface area contributed by atoms with Crippen LogP contribution in [0, 0.1) is 0 Å². The van der Waals surface area contributed by atoms with Gasteiger partial charge in [0.1, 0.15) is 8.07 Å². The molecule has 2 aliphatic carbocycles. The van der Waals surface area contributed by atoms with E-state index in [-0.39, 0.29) is 21.7 Å². The van der Waals surface area contributed by atoms with Crippen LogP contribution in [-0.2, 0) is 21.7 Å². The van der Waals surface area contributed by atoms with Gasteiger partial charge in [0.15, 0.2) is 0 Å². The molecule has 1 heterocycles. The number of benzene rings is 6. The number of nitrogens with zero attached hydrogens (tertiary/aromatic N) is 1. The maximum Gasteiger partial charge on any atom is 0.113 e. The van der Waals surface area contributed by atoms with Crippen molar-refractivity contribution >= 4 is 35.5 Å². The molecule has 1 nitrogen and oxygen atoms in total. The molecule has 2 heteroatoms. The van der Waals surface area contributed by atoms with Gasteiger partial charge in [-0.3, -0.25) is 0 Å². The van der Waals surface area contributed by atoms with Gasteiger partial charge < -0.3 is 4.90 Å². The summed E-state index contributed by atoms with van der Waals surface area (Å²) in [4.78, 5) is 2.50. The number of fused-ring (bicyclic) bond motifs is 5. The van der Waals surface area contributed by atoms with Crippen LogP contribution in [0.4, 0.5) is 17.1 Å². The highest BCUT2D eigenvalue weighted by Gasteiger charge is 2.40. The quantitative estimate of drug-likeness (QED) is 0.159. The van der Waals surface area contributed by atoms with Crippen molar-refractivity contribution in [3.8, 4) is 33.4 Å². The molecule has 0 amide bonds. The minimum atomic E-state index is -1.76. The average molecular weight is 750 g/mol. The van der Waals surface area contributed by atoms with Crippen LogP contribution in [-0.4, -0.2) is 8.07 Å². The van der Waals surface area contributed by atoms with Gasteiger partial charge in [-0.15, -0.1) is 0 Å². The predicted octanol–water partition coefficient (Wildman–Crippen LogP) is 14.0. The Balaban J connectivity index is 1.18. The molecule has 6 aromatic carbocycles. The summed E-state index contributed by atoms with van der Waals surface area (Å²) in [5, 5.41) is 3.10. The smallest absolute Gasteiger partial charge is 0.113 e. The van der Waals surface area contributed by atoms with E-state index < -0.39 is 8.07 Å². The summed E-state index contributed by atoms with van der Waals surface area (Å²) in [5.41, 5.74) is 18.2. The Labute approximate surface area is 337 Å². The van der Waals surface area contributed by atoms with Crippen molar-refractivity contribution in [3.63, 3.8) is 0 Å². The second kappa shape index (κ2) is 12.7. The summed E-state index contributed by atoms with van der Waals surface area (Å²) in [5.74, 6) is 0. The predicted molar refractivity (Wildman–Crippen MR) is 245 cm³/mol. The van der Waals surface area contributed by atoms with Crippen LogP contribution in [0.3, 0.4) is 0 Å². The number of hydrogen-bond acceptors (Lipinski definition) is 1. The molecule has 1 aliphatic heterocycles. The fourth-order valence-corrected chi connectivity index (χ4v) is 13.6. The number of anilines is 3. The SMILES string of the molecule is CC1(C)CCC(C)(C)c2cc(-c3cccc(N(c4ccc(-c5cccc6c5-c5ccccc5[Si]6(C)C)cc4)c4ccc5c(c4)C(C)(C)CCC5(C)C)c3)ccc21. The van der Waals surface area contributed by atoms with E-state index >= 15 is 0 Å². The molecule has 0 atom stereocenters. The third-order valence-corrected chi connectivity index (χ3v) is 18.0. The summed E-state index contributed by atoms with van der Waals surface area (Å²) >= 11 is 0. The monoisotopic (exact) mass is 749 g/mol. The Kier molecular flexibility index (Phi) is 8.36. The van der Waals surface area contributed by atoms with Crippen LogP contribution in [0.25, 0.3) is 33.4 Å². The topological polar surface area (TPSA) is 3.24 Å². The molecule has 0 saturated heterocycles. The van der Waals surface area contributed by atoms with Gasteiger partial charge in [-0.05, 0) is 150 Å². The van der Waals surface area contributed by atoms with Gasteiger partial charge in [0.25, 0.3) is 0 Å². The highest BCUT2D eigenvalue weighted by atomic mass is 28.3. The standard InChI is InChI=1S/C54H59NSi/c1-51(2)29-31-53(5,6)46-34-38(23-27-44(46)51)37-15-13-16-40(33-37)55(41-26-28-45-47(35-41)54(7,8)32-30-52(45,3)4)39-24-21-36(22-25-39)42-18-14-20-49-50(42)43-17-11-12-19-48(43)56(49,9)10/h11-28,33-35H,29-32H2,1-10H3. The van der Waals surface area contributed by atoms with E-state index in [2.05, 4.69) is 201 Å². The Hall–Kier alpha value is -4.66. The van der Waals surface area contributed by atoms with Crippen LogP contribution < -0.4 is 15.3 Å². The van der Waals surface area contributed by atoms with Crippen molar-refractivity contribution in [2.45, 2.75) is 116 Å². The van der Waals surface area contributed by atoms with Crippen molar-refractivity contribution in [1.82, 2.24) is 0 Å². The average Bonchev–Trinajstić information content (AvgIpc) is 3.42. The van der Waals surface area contributed by atoms with Crippen molar-refractivity contribution < 1.29 is 0 Å². The molecule has 0 radical (unpaired) electrons. The van der Waals surface area contributed by atoms with E-state index in [4.69, 9.17) is 0 Å². The summed E-state index contributed by atoms with van der Waals surface area (Å²) in [6, 6.07) is 49.4. The zero-order chi connectivity index (χ0) is 39.4. The fourth-order valence-electron chi connectivity index (χ4n) is 10.5. The second-order valence-electron chi connectivity index (χ2n) is 20.4. The first kappa shape index (κ1) is 36.9. The van der Waals surface area contributed by atoms with Crippen molar-refractivity contribution in [2.75, 3.05) is 4.90 Å². The largest absolute Gasteiger partial charge is 0.310 e. The van der Waals surface area contributed by atoms with E-state index in [0.717, 1.165) is 0 Å². The van der Waals surface area contributed by atoms with Gasteiger partial charge in [0.05, 0.1) is 0 Å². The minimum absolute atomic E-state index is 0.114. The normalized spacial score (nSPS) is 19.0. The van der Waals surface area contributed by atoms with Crippen molar-refractivity contribution in [2.24, 2.45) is 0 Å². The fraction of sp³-hybridized carbons (Fsp3) is 0.333. The van der Waals surface area contributed by atoms with Crippen LogP contribution in [0.1, 0.15) is 103 Å². The third-order valence-electron chi connectivity index (χ3n) is 14.4. The van der Waals surface area contributed by atoms with Crippen LogP contribution in [0.5, 0.6) is 0 Å². The molecule has 56 heavy (non-hydrogen) atoms. The van der Waals surface area contributed by atoms with E-state index in [0.29, 0.717) is 0 Å². The lowest BCUT2D eigenvalue weighted by Gasteiger charge is -2.42. The van der Waals surface area contributed by atoms with Crippen molar-refractivity contribution in [1.29, 1.82) is 0 Å². The number of hydrogen-bond donors (Lipinski definition) is 0. The lowest BCUT2D eigenvalue weighted by molar-refractivity contribution is 0.332. The molecule has 284 valence electrons. The zero-order valence-electron chi connectivity index (χ0n) is 35.4. The first-order valence-electron chi connectivity index (χ1n) is 21.0. The molecule has 3 aliphatic rings. The number of rotatable bonds is 5. The Bertz CT molecular complexity index is 2510. The molecular weight excluding hydrogens is 691 g/mol. The molecular formula is C54H59NSi. The highest BCUT2D eigenvalue weighted by molar-refractivity contribution is 7.04. The van der Waals surface area contributed by atoms with Crippen molar-refractivity contribution in [3.05, 3.63) is 150 Å². The zero-order valence-corrected chi connectivity index (χ0v) is 36.4. The van der Waals surface area contributed by atoms with E-state index in [1.165, 1.54) is 98.4 Å². The molecule has 0 spiro atoms. The molecule has 0 aromatic heterocycles. The molecule has 0 unspecified atom stereocenters. The molecule has 0 N–H and O–H groups in total. The summed E-state index contributed by atoms with van der Waals surface area (Å²) < 4.78 is 0. The Morgan fingerprint density at radius 1 is 0.393 bits per heavy atom. The van der Waals surface area contributed by atoms with Crippen LogP contribution in [0.15, 0.2) is 127 Å². The maximum absolute atomic E-state index is 2.51. The minimum Gasteiger partial charge on any atom is -0.310 e.